The highest BCUT2D eigenvalue weighted by atomic mass is 32.2. The number of hydrogen-bond acceptors (Lipinski definition) is 3. The molecule has 1 amide bonds. The van der Waals surface area contributed by atoms with Crippen LogP contribution < -0.4 is 5.32 Å². The van der Waals surface area contributed by atoms with E-state index in [1.165, 1.54) is 24.2 Å². The lowest BCUT2D eigenvalue weighted by Gasteiger charge is -2.14. The summed E-state index contributed by atoms with van der Waals surface area (Å²) < 4.78 is 0. The van der Waals surface area contributed by atoms with E-state index in [0.29, 0.717) is 11.3 Å². The van der Waals surface area contributed by atoms with Crippen molar-refractivity contribution in [3.63, 3.8) is 0 Å². The van der Waals surface area contributed by atoms with Gasteiger partial charge in [0.15, 0.2) is 5.78 Å². The molecule has 0 aliphatic heterocycles. The fourth-order valence-electron chi connectivity index (χ4n) is 2.01. The number of thioether (sulfide) groups is 1. The molecular weight excluding hydrogens is 294 g/mol. The van der Waals surface area contributed by atoms with Crippen molar-refractivity contribution in [1.82, 2.24) is 0 Å². The Morgan fingerprint density at radius 3 is 2.32 bits per heavy atom. The molecule has 114 valence electrons. The Bertz CT molecular complexity index is 680. The molecule has 0 heterocycles. The Kier molecular flexibility index (Phi) is 5.39. The number of Topliss-reactive ketones (excluding diaryl/α,β-unsaturated/α-hetero) is 1. The van der Waals surface area contributed by atoms with E-state index in [2.05, 4.69) is 5.32 Å². The predicted molar refractivity (Wildman–Crippen MR) is 91.6 cm³/mol. The van der Waals surface area contributed by atoms with Crippen LogP contribution in [0.2, 0.25) is 0 Å². The van der Waals surface area contributed by atoms with Gasteiger partial charge in [-0.05, 0) is 45.0 Å². The topological polar surface area (TPSA) is 46.2 Å². The number of nitrogens with one attached hydrogen (secondary N) is 1. The van der Waals surface area contributed by atoms with Crippen LogP contribution in [0, 0.1) is 6.92 Å². The van der Waals surface area contributed by atoms with Crippen molar-refractivity contribution in [2.75, 3.05) is 5.32 Å². The Morgan fingerprint density at radius 2 is 1.68 bits per heavy atom. The molecule has 1 atom stereocenters. The second kappa shape index (κ2) is 7.27. The molecule has 0 fully saturated rings. The number of carbonyl (C=O) groups is 2. The van der Waals surface area contributed by atoms with Gasteiger partial charge in [0.25, 0.3) is 0 Å². The van der Waals surface area contributed by atoms with Gasteiger partial charge >= 0.3 is 0 Å². The number of anilines is 1. The molecule has 0 spiro atoms. The van der Waals surface area contributed by atoms with Gasteiger partial charge in [-0.2, -0.15) is 0 Å². The zero-order chi connectivity index (χ0) is 16.1. The maximum atomic E-state index is 12.3. The summed E-state index contributed by atoms with van der Waals surface area (Å²) in [4.78, 5) is 24.9. The van der Waals surface area contributed by atoms with Gasteiger partial charge < -0.3 is 5.32 Å². The van der Waals surface area contributed by atoms with Gasteiger partial charge in [0.05, 0.1) is 10.9 Å². The first-order valence-electron chi connectivity index (χ1n) is 7.11. The summed E-state index contributed by atoms with van der Waals surface area (Å²) in [7, 11) is 0. The van der Waals surface area contributed by atoms with Gasteiger partial charge in [-0.25, -0.2) is 0 Å². The van der Waals surface area contributed by atoms with Gasteiger partial charge in [0.2, 0.25) is 5.91 Å². The van der Waals surface area contributed by atoms with E-state index >= 15 is 0 Å². The Hall–Kier alpha value is -2.07. The fraction of sp³-hybridized carbons (Fsp3) is 0.222. The Morgan fingerprint density at radius 1 is 1.05 bits per heavy atom. The third-order valence-corrected chi connectivity index (χ3v) is 4.38. The minimum absolute atomic E-state index is 0.0604. The van der Waals surface area contributed by atoms with Crippen LogP contribution in [-0.2, 0) is 4.79 Å². The summed E-state index contributed by atoms with van der Waals surface area (Å²) in [6.45, 7) is 5.38. The number of aryl methyl sites for hydroxylation is 1. The van der Waals surface area contributed by atoms with E-state index in [-0.39, 0.29) is 16.9 Å². The third kappa shape index (κ3) is 4.21. The predicted octanol–water partition coefficient (Wildman–Crippen LogP) is 4.32. The molecule has 0 bridgehead atoms. The maximum absolute atomic E-state index is 12.3. The fourth-order valence-corrected chi connectivity index (χ4v) is 2.88. The molecule has 22 heavy (non-hydrogen) atoms. The summed E-state index contributed by atoms with van der Waals surface area (Å²) in [5.41, 5.74) is 2.29. The van der Waals surface area contributed by atoms with Gasteiger partial charge in [0, 0.05) is 10.5 Å². The van der Waals surface area contributed by atoms with Crippen LogP contribution in [0.5, 0.6) is 0 Å². The molecule has 0 aliphatic carbocycles. The SMILES string of the molecule is CC(=O)c1ccccc1NC(=O)C(C)Sc1ccc(C)cc1. The third-order valence-electron chi connectivity index (χ3n) is 3.27. The number of amides is 1. The number of benzene rings is 2. The number of ketones is 1. The van der Waals surface area contributed by atoms with Crippen molar-refractivity contribution in [1.29, 1.82) is 0 Å². The van der Waals surface area contributed by atoms with E-state index < -0.39 is 0 Å². The smallest absolute Gasteiger partial charge is 0.237 e. The molecular formula is C18H19NO2S. The van der Waals surface area contributed by atoms with Gasteiger partial charge in [0.1, 0.15) is 0 Å². The van der Waals surface area contributed by atoms with E-state index in [0.717, 1.165) is 4.90 Å². The summed E-state index contributed by atoms with van der Waals surface area (Å²) in [5.74, 6) is -0.172. The van der Waals surface area contributed by atoms with Gasteiger partial charge in [-0.3, -0.25) is 9.59 Å². The molecule has 0 saturated carbocycles. The molecule has 0 aromatic heterocycles. The summed E-state index contributed by atoms with van der Waals surface area (Å²) in [5, 5.41) is 2.60. The molecule has 0 aliphatic rings. The quantitative estimate of drug-likeness (QED) is 0.660. The second-order valence-corrected chi connectivity index (χ2v) is 6.58. The van der Waals surface area contributed by atoms with Gasteiger partial charge in [-0.15, -0.1) is 11.8 Å². The van der Waals surface area contributed by atoms with E-state index in [4.69, 9.17) is 0 Å². The first kappa shape index (κ1) is 16.3. The van der Waals surface area contributed by atoms with Crippen molar-refractivity contribution >= 4 is 29.1 Å². The van der Waals surface area contributed by atoms with Crippen LogP contribution >= 0.6 is 11.8 Å². The lowest BCUT2D eigenvalue weighted by Crippen LogP contribution is -2.23. The van der Waals surface area contributed by atoms with Crippen molar-refractivity contribution in [3.8, 4) is 0 Å². The molecule has 2 aromatic rings. The minimum atomic E-state index is -0.247. The van der Waals surface area contributed by atoms with Crippen LogP contribution in [0.4, 0.5) is 5.69 Å². The van der Waals surface area contributed by atoms with Crippen LogP contribution in [-0.4, -0.2) is 16.9 Å². The number of rotatable bonds is 5. The lowest BCUT2D eigenvalue weighted by atomic mass is 10.1. The summed E-state index contributed by atoms with van der Waals surface area (Å²) in [6, 6.07) is 15.1. The normalized spacial score (nSPS) is 11.8. The van der Waals surface area contributed by atoms with Gasteiger partial charge in [-0.1, -0.05) is 29.8 Å². The van der Waals surface area contributed by atoms with Crippen molar-refractivity contribution < 1.29 is 9.59 Å². The Balaban J connectivity index is 2.05. The van der Waals surface area contributed by atoms with Crippen LogP contribution in [0.3, 0.4) is 0 Å². The summed E-state index contributed by atoms with van der Waals surface area (Å²) in [6.07, 6.45) is 0. The number of hydrogen-bond donors (Lipinski definition) is 1. The molecule has 0 radical (unpaired) electrons. The maximum Gasteiger partial charge on any atom is 0.237 e. The zero-order valence-corrected chi connectivity index (χ0v) is 13.7. The highest BCUT2D eigenvalue weighted by Gasteiger charge is 2.16. The molecule has 1 unspecified atom stereocenters. The first-order valence-corrected chi connectivity index (χ1v) is 7.99. The van der Waals surface area contributed by atoms with Crippen LogP contribution in [0.25, 0.3) is 0 Å². The zero-order valence-electron chi connectivity index (χ0n) is 12.9. The van der Waals surface area contributed by atoms with Crippen molar-refractivity contribution in [2.45, 2.75) is 30.9 Å². The average Bonchev–Trinajstić information content (AvgIpc) is 2.49. The van der Waals surface area contributed by atoms with Crippen molar-refractivity contribution in [3.05, 3.63) is 59.7 Å². The van der Waals surface area contributed by atoms with Crippen molar-refractivity contribution in [2.24, 2.45) is 0 Å². The van der Waals surface area contributed by atoms with E-state index in [9.17, 15) is 9.59 Å². The minimum Gasteiger partial charge on any atom is -0.324 e. The number of para-hydroxylation sites is 1. The molecule has 4 heteroatoms. The van der Waals surface area contributed by atoms with E-state index in [1.54, 1.807) is 24.3 Å². The standard InChI is InChI=1S/C18H19NO2S/c1-12-8-10-15(11-9-12)22-14(3)18(21)19-17-7-5-4-6-16(17)13(2)20/h4-11,14H,1-3H3,(H,19,21). The average molecular weight is 313 g/mol. The summed E-state index contributed by atoms with van der Waals surface area (Å²) >= 11 is 1.50. The van der Waals surface area contributed by atoms with E-state index in [1.807, 2.05) is 38.1 Å². The first-order chi connectivity index (χ1) is 10.5. The monoisotopic (exact) mass is 313 g/mol. The highest BCUT2D eigenvalue weighted by Crippen LogP contribution is 2.25. The Labute approximate surface area is 135 Å². The molecule has 2 rings (SSSR count). The van der Waals surface area contributed by atoms with Crippen LogP contribution in [0.1, 0.15) is 29.8 Å². The molecule has 2 aromatic carbocycles. The number of carbonyl (C=O) groups excluding carboxylic acids is 2. The van der Waals surface area contributed by atoms with Crippen LogP contribution in [0.15, 0.2) is 53.4 Å². The lowest BCUT2D eigenvalue weighted by molar-refractivity contribution is -0.115. The second-order valence-electron chi connectivity index (χ2n) is 5.16. The molecule has 0 saturated heterocycles. The highest BCUT2D eigenvalue weighted by molar-refractivity contribution is 8.00. The molecule has 1 N–H and O–H groups in total. The largest absolute Gasteiger partial charge is 0.324 e. The molecule has 3 nitrogen and oxygen atoms in total.